The van der Waals surface area contributed by atoms with Gasteiger partial charge < -0.3 is 9.73 Å². The van der Waals surface area contributed by atoms with Crippen LogP contribution in [0.15, 0.2) is 46.4 Å². The van der Waals surface area contributed by atoms with Crippen molar-refractivity contribution in [3.05, 3.63) is 47.7 Å². The molecule has 3 aromatic rings. The highest BCUT2D eigenvalue weighted by Gasteiger charge is 2.09. The molecule has 2 aromatic heterocycles. The van der Waals surface area contributed by atoms with Gasteiger partial charge in [-0.1, -0.05) is 17.7 Å². The van der Waals surface area contributed by atoms with E-state index in [1.165, 1.54) is 10.3 Å². The molecule has 2 heterocycles. The van der Waals surface area contributed by atoms with Gasteiger partial charge in [0.15, 0.2) is 10.8 Å². The van der Waals surface area contributed by atoms with Gasteiger partial charge in [0.05, 0.1) is 10.2 Å². The maximum atomic E-state index is 5.86. The molecule has 0 aliphatic heterocycles. The number of hydrogen-bond acceptors (Lipinski definition) is 4. The van der Waals surface area contributed by atoms with Crippen LogP contribution in [0.5, 0.6) is 0 Å². The van der Waals surface area contributed by atoms with Crippen molar-refractivity contribution in [1.29, 1.82) is 0 Å². The van der Waals surface area contributed by atoms with E-state index in [0.717, 1.165) is 28.6 Å². The van der Waals surface area contributed by atoms with Crippen LogP contribution in [0.25, 0.3) is 27.1 Å². The normalized spacial score (nSPS) is 12.2. The van der Waals surface area contributed by atoms with Crippen molar-refractivity contribution in [2.24, 2.45) is 0 Å². The minimum atomic E-state index is 0.828. The Morgan fingerprint density at radius 3 is 2.95 bits per heavy atom. The Labute approximate surface area is 122 Å². The first-order valence-corrected chi connectivity index (χ1v) is 7.35. The van der Waals surface area contributed by atoms with Crippen molar-refractivity contribution in [2.75, 3.05) is 13.6 Å². The Morgan fingerprint density at radius 1 is 1.30 bits per heavy atom. The number of nitrogens with one attached hydrogen (secondary N) is 1. The van der Waals surface area contributed by atoms with E-state index in [-0.39, 0.29) is 0 Å². The zero-order chi connectivity index (χ0) is 13.9. The lowest BCUT2D eigenvalue weighted by Gasteiger charge is -1.97. The Morgan fingerprint density at radius 2 is 2.15 bits per heavy atom. The zero-order valence-electron chi connectivity index (χ0n) is 11.5. The third-order valence-electron chi connectivity index (χ3n) is 2.98. The molecule has 20 heavy (non-hydrogen) atoms. The summed E-state index contributed by atoms with van der Waals surface area (Å²) in [5.41, 5.74) is 2.25. The number of thiazole rings is 1. The zero-order valence-corrected chi connectivity index (χ0v) is 12.3. The molecule has 0 bridgehead atoms. The van der Waals surface area contributed by atoms with Crippen LogP contribution >= 0.6 is 11.3 Å². The molecule has 0 saturated heterocycles. The number of rotatable bonds is 4. The van der Waals surface area contributed by atoms with Gasteiger partial charge >= 0.3 is 0 Å². The van der Waals surface area contributed by atoms with E-state index >= 15 is 0 Å². The average molecular weight is 284 g/mol. The number of benzene rings is 1. The third-order valence-corrected chi connectivity index (χ3v) is 4.03. The molecule has 0 aliphatic rings. The van der Waals surface area contributed by atoms with Gasteiger partial charge in [0, 0.05) is 6.54 Å². The van der Waals surface area contributed by atoms with Crippen molar-refractivity contribution >= 4 is 27.6 Å². The molecule has 0 fully saturated rings. The summed E-state index contributed by atoms with van der Waals surface area (Å²) >= 11 is 1.65. The summed E-state index contributed by atoms with van der Waals surface area (Å²) in [4.78, 5) is 4.60. The molecule has 0 spiro atoms. The number of fused-ring (bicyclic) bond motifs is 1. The summed E-state index contributed by atoms with van der Waals surface area (Å²) in [7, 11) is 1.94. The van der Waals surface area contributed by atoms with Crippen molar-refractivity contribution in [3.8, 4) is 10.8 Å². The van der Waals surface area contributed by atoms with Crippen LogP contribution < -0.4 is 5.32 Å². The molecule has 102 valence electrons. The third kappa shape index (κ3) is 2.66. The van der Waals surface area contributed by atoms with Crippen LogP contribution in [-0.2, 0) is 0 Å². The van der Waals surface area contributed by atoms with E-state index in [1.807, 2.05) is 43.5 Å². The SMILES string of the molecule is CNCC(C)=Cc1ccc(-c2nc3ccccc3s2)o1. The van der Waals surface area contributed by atoms with Crippen molar-refractivity contribution in [2.45, 2.75) is 6.92 Å². The molecule has 0 aliphatic carbocycles. The number of para-hydroxylation sites is 1. The Kier molecular flexibility index (Phi) is 3.67. The smallest absolute Gasteiger partial charge is 0.163 e. The van der Waals surface area contributed by atoms with Gasteiger partial charge in [-0.3, -0.25) is 0 Å². The van der Waals surface area contributed by atoms with Gasteiger partial charge in [-0.15, -0.1) is 11.3 Å². The van der Waals surface area contributed by atoms with Crippen LogP contribution in [0.3, 0.4) is 0 Å². The lowest BCUT2D eigenvalue weighted by molar-refractivity contribution is 0.570. The summed E-state index contributed by atoms with van der Waals surface area (Å²) in [6.45, 7) is 2.94. The second-order valence-corrected chi connectivity index (χ2v) is 5.74. The van der Waals surface area contributed by atoms with E-state index in [9.17, 15) is 0 Å². The second kappa shape index (κ2) is 5.61. The predicted octanol–water partition coefficient (Wildman–Crippen LogP) is 4.18. The Bertz CT molecular complexity index is 722. The topological polar surface area (TPSA) is 38.1 Å². The van der Waals surface area contributed by atoms with Crippen molar-refractivity contribution in [3.63, 3.8) is 0 Å². The monoisotopic (exact) mass is 284 g/mol. The number of furan rings is 1. The van der Waals surface area contributed by atoms with E-state index in [2.05, 4.69) is 23.3 Å². The molecule has 0 radical (unpaired) electrons. The molecule has 3 nitrogen and oxygen atoms in total. The van der Waals surface area contributed by atoms with Gasteiger partial charge in [0.1, 0.15) is 5.76 Å². The van der Waals surface area contributed by atoms with Crippen molar-refractivity contribution in [1.82, 2.24) is 10.3 Å². The summed E-state index contributed by atoms with van der Waals surface area (Å²) in [5, 5.41) is 4.05. The van der Waals surface area contributed by atoms with E-state index in [0.29, 0.717) is 0 Å². The molecular weight excluding hydrogens is 268 g/mol. The lowest BCUT2D eigenvalue weighted by Crippen LogP contribution is -2.08. The Balaban J connectivity index is 1.91. The first-order chi connectivity index (χ1) is 9.76. The van der Waals surface area contributed by atoms with E-state index in [4.69, 9.17) is 4.42 Å². The molecule has 0 unspecified atom stereocenters. The maximum Gasteiger partial charge on any atom is 0.163 e. The second-order valence-electron chi connectivity index (χ2n) is 4.71. The standard InChI is InChI=1S/C16H16N2OS/c1-11(10-17-2)9-12-7-8-14(19-12)16-18-13-5-3-4-6-15(13)20-16/h3-9,17H,10H2,1-2H3. The first-order valence-electron chi connectivity index (χ1n) is 6.54. The highest BCUT2D eigenvalue weighted by atomic mass is 32.1. The van der Waals surface area contributed by atoms with Crippen LogP contribution in [0.2, 0.25) is 0 Å². The predicted molar refractivity (Wildman–Crippen MR) is 84.9 cm³/mol. The molecule has 0 atom stereocenters. The average Bonchev–Trinajstić information content (AvgIpc) is 3.04. The molecule has 0 saturated carbocycles. The Hall–Kier alpha value is -1.91. The van der Waals surface area contributed by atoms with Crippen LogP contribution in [0.1, 0.15) is 12.7 Å². The van der Waals surface area contributed by atoms with Gasteiger partial charge in [0.2, 0.25) is 0 Å². The highest BCUT2D eigenvalue weighted by Crippen LogP contribution is 2.31. The molecule has 3 rings (SSSR count). The van der Waals surface area contributed by atoms with Crippen LogP contribution in [0.4, 0.5) is 0 Å². The minimum Gasteiger partial charge on any atom is -0.454 e. The fourth-order valence-electron chi connectivity index (χ4n) is 2.10. The van der Waals surface area contributed by atoms with Crippen LogP contribution in [0, 0.1) is 0 Å². The summed E-state index contributed by atoms with van der Waals surface area (Å²) in [5.74, 6) is 1.70. The van der Waals surface area contributed by atoms with Gasteiger partial charge in [-0.05, 0) is 44.3 Å². The number of aromatic nitrogens is 1. The van der Waals surface area contributed by atoms with Gasteiger partial charge in [-0.2, -0.15) is 0 Å². The fourth-order valence-corrected chi connectivity index (χ4v) is 3.02. The molecule has 1 N–H and O–H groups in total. The quantitative estimate of drug-likeness (QED) is 0.781. The minimum absolute atomic E-state index is 0.828. The van der Waals surface area contributed by atoms with E-state index < -0.39 is 0 Å². The summed E-state index contributed by atoms with van der Waals surface area (Å²) in [6, 6.07) is 12.1. The number of nitrogens with zero attached hydrogens (tertiary/aromatic N) is 1. The maximum absolute atomic E-state index is 5.86. The molecule has 4 heteroatoms. The lowest BCUT2D eigenvalue weighted by atomic mass is 10.2. The molecular formula is C16H16N2OS. The van der Waals surface area contributed by atoms with Gasteiger partial charge in [-0.25, -0.2) is 4.98 Å². The number of hydrogen-bond donors (Lipinski definition) is 1. The van der Waals surface area contributed by atoms with Gasteiger partial charge in [0.25, 0.3) is 0 Å². The molecule has 0 amide bonds. The van der Waals surface area contributed by atoms with E-state index in [1.54, 1.807) is 11.3 Å². The molecule has 1 aromatic carbocycles. The number of likely N-dealkylation sites (N-methyl/N-ethyl adjacent to an activating group) is 1. The highest BCUT2D eigenvalue weighted by molar-refractivity contribution is 7.21. The van der Waals surface area contributed by atoms with Crippen LogP contribution in [-0.4, -0.2) is 18.6 Å². The summed E-state index contributed by atoms with van der Waals surface area (Å²) in [6.07, 6.45) is 2.05. The fraction of sp³-hybridized carbons (Fsp3) is 0.188. The summed E-state index contributed by atoms with van der Waals surface area (Å²) < 4.78 is 7.04. The first kappa shape index (κ1) is 13.1. The van der Waals surface area contributed by atoms with Crippen molar-refractivity contribution < 1.29 is 4.42 Å². The largest absolute Gasteiger partial charge is 0.454 e.